The van der Waals surface area contributed by atoms with Gasteiger partial charge in [-0.2, -0.15) is 30.7 Å². The normalized spacial score (nSPS) is 16.1. The summed E-state index contributed by atoms with van der Waals surface area (Å²) in [7, 11) is 0. The second-order valence-corrected chi connectivity index (χ2v) is 3.13. The van der Waals surface area contributed by atoms with Crippen LogP contribution in [-0.4, -0.2) is 54.2 Å². The Hall–Kier alpha value is -0.610. The third kappa shape index (κ3) is 3.96. The predicted molar refractivity (Wildman–Crippen MR) is 39.9 cm³/mol. The van der Waals surface area contributed by atoms with Crippen molar-refractivity contribution in [2.45, 2.75) is 24.1 Å². The third-order valence-corrected chi connectivity index (χ3v) is 1.62. The van der Waals surface area contributed by atoms with E-state index in [9.17, 15) is 30.7 Å². The number of hydrogen-bond acceptors (Lipinski definition) is 3. The molecule has 0 saturated heterocycles. The molecule has 0 aromatic rings. The van der Waals surface area contributed by atoms with E-state index in [-0.39, 0.29) is 0 Å². The van der Waals surface area contributed by atoms with Crippen LogP contribution in [-0.2, 0) is 4.74 Å². The zero-order chi connectivity index (χ0) is 13.9. The second-order valence-electron chi connectivity index (χ2n) is 3.13. The maximum atomic E-state index is 12.5. The molecule has 0 aliphatic carbocycles. The summed E-state index contributed by atoms with van der Waals surface area (Å²) in [5.74, 6) is -11.7. The monoisotopic (exact) mass is 274 g/mol. The van der Waals surface area contributed by atoms with Gasteiger partial charge in [-0.1, -0.05) is 0 Å². The number of halogens is 7. The van der Waals surface area contributed by atoms with Crippen molar-refractivity contribution in [2.24, 2.45) is 0 Å². The van der Waals surface area contributed by atoms with E-state index < -0.39 is 43.9 Å². The first kappa shape index (κ1) is 16.4. The van der Waals surface area contributed by atoms with E-state index in [0.29, 0.717) is 0 Å². The Morgan fingerprint density at radius 2 is 1.47 bits per heavy atom. The maximum Gasteiger partial charge on any atom is 0.459 e. The molecule has 0 aromatic carbocycles. The van der Waals surface area contributed by atoms with Gasteiger partial charge in [-0.3, -0.25) is 0 Å². The van der Waals surface area contributed by atoms with E-state index in [0.717, 1.165) is 0 Å². The van der Waals surface area contributed by atoms with Gasteiger partial charge in [0.15, 0.2) is 0 Å². The SMILES string of the molecule is OC[C@H](O)COCC(F)(F)C(F)(F)C(F)(F)F. The van der Waals surface area contributed by atoms with Crippen molar-refractivity contribution >= 4 is 0 Å². The highest BCUT2D eigenvalue weighted by Gasteiger charge is 2.72. The van der Waals surface area contributed by atoms with E-state index in [4.69, 9.17) is 10.2 Å². The van der Waals surface area contributed by atoms with Crippen LogP contribution in [0.5, 0.6) is 0 Å². The Balaban J connectivity index is 4.47. The van der Waals surface area contributed by atoms with Crippen LogP contribution in [0.2, 0.25) is 0 Å². The Morgan fingerprint density at radius 3 is 1.82 bits per heavy atom. The second kappa shape index (κ2) is 5.36. The molecule has 10 heteroatoms. The molecule has 3 nitrogen and oxygen atoms in total. The molecule has 1 atom stereocenters. The molecule has 0 rings (SSSR count). The smallest absolute Gasteiger partial charge is 0.394 e. The van der Waals surface area contributed by atoms with Gasteiger partial charge >= 0.3 is 18.0 Å². The lowest BCUT2D eigenvalue weighted by atomic mass is 10.2. The van der Waals surface area contributed by atoms with Crippen molar-refractivity contribution in [3.8, 4) is 0 Å². The lowest BCUT2D eigenvalue weighted by molar-refractivity contribution is -0.361. The molecular formula is C7H9F7O3. The molecule has 0 fully saturated rings. The van der Waals surface area contributed by atoms with E-state index in [2.05, 4.69) is 4.74 Å². The van der Waals surface area contributed by atoms with Crippen LogP contribution in [0.15, 0.2) is 0 Å². The summed E-state index contributed by atoms with van der Waals surface area (Å²) in [6.07, 6.45) is -8.04. The summed E-state index contributed by atoms with van der Waals surface area (Å²) in [6, 6.07) is 0. The molecule has 0 heterocycles. The van der Waals surface area contributed by atoms with Crippen LogP contribution in [0.4, 0.5) is 30.7 Å². The average Bonchev–Trinajstić information content (AvgIpc) is 2.15. The molecule has 0 amide bonds. The van der Waals surface area contributed by atoms with Crippen molar-refractivity contribution in [3.05, 3.63) is 0 Å². The van der Waals surface area contributed by atoms with Crippen LogP contribution < -0.4 is 0 Å². The van der Waals surface area contributed by atoms with E-state index in [1.165, 1.54) is 0 Å². The number of rotatable bonds is 6. The molecule has 0 unspecified atom stereocenters. The Bertz CT molecular complexity index is 240. The lowest BCUT2D eigenvalue weighted by Crippen LogP contribution is -2.54. The first-order valence-corrected chi connectivity index (χ1v) is 4.14. The quantitative estimate of drug-likeness (QED) is 0.715. The molecule has 17 heavy (non-hydrogen) atoms. The minimum atomic E-state index is -6.41. The van der Waals surface area contributed by atoms with Crippen molar-refractivity contribution in [2.75, 3.05) is 19.8 Å². The number of alkyl halides is 7. The van der Waals surface area contributed by atoms with Gasteiger partial charge in [-0.25, -0.2) is 0 Å². The van der Waals surface area contributed by atoms with Crippen molar-refractivity contribution in [1.82, 2.24) is 0 Å². The lowest BCUT2D eigenvalue weighted by Gasteiger charge is -2.28. The molecule has 2 N–H and O–H groups in total. The number of ether oxygens (including phenoxy) is 1. The van der Waals surface area contributed by atoms with E-state index in [1.54, 1.807) is 0 Å². The fourth-order valence-electron chi connectivity index (χ4n) is 0.674. The summed E-state index contributed by atoms with van der Waals surface area (Å²) < 4.78 is 88.1. The predicted octanol–water partition coefficient (Wildman–Crippen LogP) is 1.19. The Labute approximate surface area is 90.8 Å². The van der Waals surface area contributed by atoms with Gasteiger partial charge < -0.3 is 14.9 Å². The van der Waals surface area contributed by atoms with Crippen LogP contribution in [0.25, 0.3) is 0 Å². The summed E-state index contributed by atoms with van der Waals surface area (Å²) in [6.45, 7) is -4.11. The van der Waals surface area contributed by atoms with Gasteiger partial charge in [-0.05, 0) is 0 Å². The summed E-state index contributed by atoms with van der Waals surface area (Å²) in [4.78, 5) is 0. The zero-order valence-electron chi connectivity index (χ0n) is 8.15. The minimum Gasteiger partial charge on any atom is -0.394 e. The number of aliphatic hydroxyl groups excluding tert-OH is 2. The molecule has 0 spiro atoms. The minimum absolute atomic E-state index is 0.902. The Kier molecular flexibility index (Phi) is 5.16. The van der Waals surface area contributed by atoms with Gasteiger partial charge in [0.05, 0.1) is 13.2 Å². The van der Waals surface area contributed by atoms with Gasteiger partial charge in [0.1, 0.15) is 12.7 Å². The number of aliphatic hydroxyl groups is 2. The zero-order valence-corrected chi connectivity index (χ0v) is 8.15. The first-order chi connectivity index (χ1) is 7.45. The van der Waals surface area contributed by atoms with Crippen molar-refractivity contribution in [3.63, 3.8) is 0 Å². The largest absolute Gasteiger partial charge is 0.459 e. The Morgan fingerprint density at radius 1 is 1.00 bits per heavy atom. The molecular weight excluding hydrogens is 265 g/mol. The highest BCUT2D eigenvalue weighted by Crippen LogP contribution is 2.46. The molecule has 104 valence electrons. The highest BCUT2D eigenvalue weighted by molar-refractivity contribution is 4.90. The average molecular weight is 274 g/mol. The van der Waals surface area contributed by atoms with Crippen molar-refractivity contribution in [1.29, 1.82) is 0 Å². The first-order valence-electron chi connectivity index (χ1n) is 4.14. The summed E-state index contributed by atoms with van der Waals surface area (Å²) in [5, 5.41) is 16.8. The topological polar surface area (TPSA) is 49.7 Å². The van der Waals surface area contributed by atoms with Crippen LogP contribution in [0, 0.1) is 0 Å². The third-order valence-electron chi connectivity index (χ3n) is 1.62. The fraction of sp³-hybridized carbons (Fsp3) is 1.00. The van der Waals surface area contributed by atoms with Gasteiger partial charge in [0.2, 0.25) is 0 Å². The van der Waals surface area contributed by atoms with Gasteiger partial charge in [0, 0.05) is 0 Å². The van der Waals surface area contributed by atoms with Crippen LogP contribution >= 0.6 is 0 Å². The molecule has 0 saturated carbocycles. The fourth-order valence-corrected chi connectivity index (χ4v) is 0.674. The van der Waals surface area contributed by atoms with Crippen LogP contribution in [0.3, 0.4) is 0 Å². The van der Waals surface area contributed by atoms with Crippen molar-refractivity contribution < 1.29 is 45.7 Å². The molecule has 0 aliphatic rings. The molecule has 0 aromatic heterocycles. The maximum absolute atomic E-state index is 12.5. The van der Waals surface area contributed by atoms with E-state index in [1.807, 2.05) is 0 Å². The summed E-state index contributed by atoms with van der Waals surface area (Å²) in [5.41, 5.74) is 0. The molecule has 0 bridgehead atoms. The molecule has 0 radical (unpaired) electrons. The number of hydrogen-bond donors (Lipinski definition) is 2. The highest BCUT2D eigenvalue weighted by atomic mass is 19.4. The van der Waals surface area contributed by atoms with Gasteiger partial charge in [0.25, 0.3) is 0 Å². The van der Waals surface area contributed by atoms with Gasteiger partial charge in [-0.15, -0.1) is 0 Å². The standard InChI is InChI=1S/C7H9F7O3/c8-5(9,3-17-2-4(16)1-15)6(10,11)7(12,13)14/h4,15-16H,1-3H2/t4-/m0/s1. The molecule has 0 aliphatic heterocycles. The van der Waals surface area contributed by atoms with E-state index >= 15 is 0 Å². The van der Waals surface area contributed by atoms with Crippen LogP contribution in [0.1, 0.15) is 0 Å². The summed E-state index contributed by atoms with van der Waals surface area (Å²) >= 11 is 0.